The number of rotatable bonds is 27. The van der Waals surface area contributed by atoms with E-state index in [-0.39, 0.29) is 11.8 Å². The van der Waals surface area contributed by atoms with Gasteiger partial charge in [-0.15, -0.1) is 0 Å². The van der Waals surface area contributed by atoms with Crippen molar-refractivity contribution in [3.63, 3.8) is 0 Å². The summed E-state index contributed by atoms with van der Waals surface area (Å²) in [6, 6.07) is 0. The highest BCUT2D eigenvalue weighted by Crippen LogP contribution is 2.26. The van der Waals surface area contributed by atoms with Crippen LogP contribution in [0.4, 0.5) is 9.59 Å². The lowest BCUT2D eigenvalue weighted by Crippen LogP contribution is -2.36. The molecule has 0 aliphatic carbocycles. The van der Waals surface area contributed by atoms with E-state index in [4.69, 9.17) is 28.7 Å². The van der Waals surface area contributed by atoms with Crippen molar-refractivity contribution in [2.45, 2.75) is 171 Å². The monoisotopic (exact) mass is 602 g/mol. The maximum Gasteiger partial charge on any atom is 0.510 e. The summed E-state index contributed by atoms with van der Waals surface area (Å²) in [6.45, 7) is 17.5. The van der Waals surface area contributed by atoms with Gasteiger partial charge in [-0.05, 0) is 50.4 Å². The standard InChI is InChI=1S/C34H66O8/c1-9-17-21-27(13-5)25-37-33(35)39-31(29(15-7)23-19-11-3)41-42-32(30(16-8)24-20-12-4)40-34(36)38-26-28(14-6)22-18-10-2/h27-32H,9-26H2,1-8H3. The first-order chi connectivity index (χ1) is 20.3. The smallest absolute Gasteiger partial charge is 0.434 e. The Balaban J connectivity index is 5.54. The molecule has 0 radical (unpaired) electrons. The largest absolute Gasteiger partial charge is 0.510 e. The average Bonchev–Trinajstić information content (AvgIpc) is 3.00. The van der Waals surface area contributed by atoms with Gasteiger partial charge < -0.3 is 18.9 Å². The van der Waals surface area contributed by atoms with Crippen molar-refractivity contribution in [2.75, 3.05) is 13.2 Å². The molecule has 6 unspecified atom stereocenters. The Morgan fingerprint density at radius 2 is 0.810 bits per heavy atom. The van der Waals surface area contributed by atoms with Crippen LogP contribution < -0.4 is 0 Å². The molecule has 0 bridgehead atoms. The van der Waals surface area contributed by atoms with Gasteiger partial charge in [0.15, 0.2) is 0 Å². The fraction of sp³-hybridized carbons (Fsp3) is 0.941. The van der Waals surface area contributed by atoms with Crippen molar-refractivity contribution in [1.82, 2.24) is 0 Å². The molecule has 42 heavy (non-hydrogen) atoms. The SMILES string of the molecule is CCCCC(CC)COC(=O)OC(OOC(OC(=O)OCC(CC)CCCC)C(CC)CCCC)C(CC)CCCC. The minimum Gasteiger partial charge on any atom is -0.434 e. The molecule has 0 amide bonds. The third kappa shape index (κ3) is 18.9. The average molecular weight is 603 g/mol. The molecule has 0 N–H and O–H groups in total. The molecular weight excluding hydrogens is 536 g/mol. The molecule has 250 valence electrons. The van der Waals surface area contributed by atoms with E-state index < -0.39 is 24.9 Å². The van der Waals surface area contributed by atoms with E-state index in [0.717, 1.165) is 103 Å². The highest BCUT2D eigenvalue weighted by molar-refractivity contribution is 5.60. The third-order valence-electron chi connectivity index (χ3n) is 8.31. The van der Waals surface area contributed by atoms with Crippen LogP contribution in [0.3, 0.4) is 0 Å². The van der Waals surface area contributed by atoms with E-state index in [1.807, 2.05) is 13.8 Å². The van der Waals surface area contributed by atoms with Crippen molar-refractivity contribution in [1.29, 1.82) is 0 Å². The fourth-order valence-electron chi connectivity index (χ4n) is 4.92. The van der Waals surface area contributed by atoms with Gasteiger partial charge in [-0.3, -0.25) is 0 Å². The Labute approximate surface area is 258 Å². The molecule has 0 saturated heterocycles. The molecule has 0 saturated carbocycles. The normalized spacial score (nSPS) is 15.7. The number of unbranched alkanes of at least 4 members (excludes halogenated alkanes) is 4. The summed E-state index contributed by atoms with van der Waals surface area (Å²) in [7, 11) is 0. The van der Waals surface area contributed by atoms with Gasteiger partial charge in [0.1, 0.15) is 0 Å². The predicted octanol–water partition coefficient (Wildman–Crippen LogP) is 10.8. The van der Waals surface area contributed by atoms with Crippen LogP contribution in [0.1, 0.15) is 158 Å². The zero-order chi connectivity index (χ0) is 31.6. The Morgan fingerprint density at radius 1 is 0.476 bits per heavy atom. The predicted molar refractivity (Wildman–Crippen MR) is 168 cm³/mol. The van der Waals surface area contributed by atoms with Gasteiger partial charge in [-0.1, -0.05) is 120 Å². The van der Waals surface area contributed by atoms with Crippen molar-refractivity contribution < 1.29 is 38.3 Å². The summed E-state index contributed by atoms with van der Waals surface area (Å²) in [5.74, 6) is 0.424. The van der Waals surface area contributed by atoms with Gasteiger partial charge in [-0.2, -0.15) is 9.78 Å². The molecule has 8 heteroatoms. The van der Waals surface area contributed by atoms with Gasteiger partial charge in [0.25, 0.3) is 0 Å². The zero-order valence-electron chi connectivity index (χ0n) is 28.5. The molecule has 0 aromatic carbocycles. The summed E-state index contributed by atoms with van der Waals surface area (Å²) in [6.07, 6.45) is 11.8. The summed E-state index contributed by atoms with van der Waals surface area (Å²) < 4.78 is 22.4. The lowest BCUT2D eigenvalue weighted by Gasteiger charge is -2.29. The maximum atomic E-state index is 12.8. The fourth-order valence-corrected chi connectivity index (χ4v) is 4.92. The molecule has 0 rings (SSSR count). The lowest BCUT2D eigenvalue weighted by molar-refractivity contribution is -0.438. The molecule has 0 aromatic rings. The van der Waals surface area contributed by atoms with E-state index in [1.54, 1.807) is 0 Å². The number of carbonyl (C=O) groups is 2. The molecule has 0 aromatic heterocycles. The van der Waals surface area contributed by atoms with Crippen LogP contribution in [0, 0.1) is 23.7 Å². The number of carbonyl (C=O) groups excluding carboxylic acids is 2. The number of hydrogen-bond acceptors (Lipinski definition) is 8. The summed E-state index contributed by atoms with van der Waals surface area (Å²) >= 11 is 0. The van der Waals surface area contributed by atoms with Crippen LogP contribution in [-0.2, 0) is 28.7 Å². The van der Waals surface area contributed by atoms with Gasteiger partial charge in [0.05, 0.1) is 13.2 Å². The first kappa shape index (κ1) is 40.5. The summed E-state index contributed by atoms with van der Waals surface area (Å²) in [5.41, 5.74) is 0. The Bertz CT molecular complexity index is 589. The van der Waals surface area contributed by atoms with Crippen LogP contribution in [0.5, 0.6) is 0 Å². The second kappa shape index (κ2) is 27.0. The number of ether oxygens (including phenoxy) is 4. The second-order valence-electron chi connectivity index (χ2n) is 11.7. The first-order valence-corrected chi connectivity index (χ1v) is 17.3. The van der Waals surface area contributed by atoms with Crippen molar-refractivity contribution >= 4 is 12.3 Å². The van der Waals surface area contributed by atoms with E-state index in [9.17, 15) is 9.59 Å². The molecule has 0 aliphatic rings. The molecule has 0 fully saturated rings. The third-order valence-corrected chi connectivity index (χ3v) is 8.31. The van der Waals surface area contributed by atoms with Crippen LogP contribution >= 0.6 is 0 Å². The second-order valence-corrected chi connectivity index (χ2v) is 11.7. The van der Waals surface area contributed by atoms with E-state index in [1.165, 1.54) is 0 Å². The van der Waals surface area contributed by atoms with Crippen molar-refractivity contribution in [3.8, 4) is 0 Å². The highest BCUT2D eigenvalue weighted by Gasteiger charge is 2.32. The highest BCUT2D eigenvalue weighted by atomic mass is 17.3. The van der Waals surface area contributed by atoms with Crippen LogP contribution in [0.15, 0.2) is 0 Å². The zero-order valence-corrected chi connectivity index (χ0v) is 28.5. The molecule has 0 aliphatic heterocycles. The van der Waals surface area contributed by atoms with E-state index >= 15 is 0 Å². The van der Waals surface area contributed by atoms with Gasteiger partial charge in [0.2, 0.25) is 12.6 Å². The lowest BCUT2D eigenvalue weighted by atomic mass is 9.98. The van der Waals surface area contributed by atoms with Gasteiger partial charge >= 0.3 is 12.3 Å². The minimum atomic E-state index is -0.978. The molecular formula is C34H66O8. The van der Waals surface area contributed by atoms with Crippen LogP contribution in [0.2, 0.25) is 0 Å². The van der Waals surface area contributed by atoms with E-state index in [2.05, 4.69) is 41.5 Å². The topological polar surface area (TPSA) is 89.5 Å². The molecule has 0 spiro atoms. The summed E-state index contributed by atoms with van der Waals surface area (Å²) in [5, 5.41) is 0. The molecule has 8 nitrogen and oxygen atoms in total. The van der Waals surface area contributed by atoms with Crippen molar-refractivity contribution in [3.05, 3.63) is 0 Å². The molecule has 6 atom stereocenters. The van der Waals surface area contributed by atoms with E-state index in [0.29, 0.717) is 25.0 Å². The quantitative estimate of drug-likeness (QED) is 0.0397. The first-order valence-electron chi connectivity index (χ1n) is 17.3. The van der Waals surface area contributed by atoms with Crippen LogP contribution in [0.25, 0.3) is 0 Å². The van der Waals surface area contributed by atoms with Gasteiger partial charge in [-0.25, -0.2) is 9.59 Å². The Hall–Kier alpha value is -1.54. The Morgan fingerprint density at radius 3 is 1.10 bits per heavy atom. The Kier molecular flexibility index (Phi) is 26.0. The molecule has 0 heterocycles. The maximum absolute atomic E-state index is 12.8. The van der Waals surface area contributed by atoms with Crippen molar-refractivity contribution in [2.24, 2.45) is 23.7 Å². The number of hydrogen-bond donors (Lipinski definition) is 0. The summed E-state index contributed by atoms with van der Waals surface area (Å²) in [4.78, 5) is 37.2. The van der Waals surface area contributed by atoms with Crippen LogP contribution in [-0.4, -0.2) is 38.1 Å². The minimum absolute atomic E-state index is 0.0910. The van der Waals surface area contributed by atoms with Gasteiger partial charge in [0, 0.05) is 11.8 Å².